The smallest absolute Gasteiger partial charge is 0.310 e. The van der Waals surface area contributed by atoms with Gasteiger partial charge in [0.2, 0.25) is 0 Å². The first kappa shape index (κ1) is 16.4. The van der Waals surface area contributed by atoms with Crippen molar-refractivity contribution in [3.8, 4) is 0 Å². The number of carbonyl (C=O) groups is 1. The van der Waals surface area contributed by atoms with Crippen LogP contribution in [0.5, 0.6) is 0 Å². The maximum atomic E-state index is 11.3. The van der Waals surface area contributed by atoms with E-state index in [0.717, 1.165) is 10.7 Å². The summed E-state index contributed by atoms with van der Waals surface area (Å²) in [5.41, 5.74) is 1.06. The van der Waals surface area contributed by atoms with Crippen molar-refractivity contribution < 1.29 is 9.53 Å². The van der Waals surface area contributed by atoms with Crippen molar-refractivity contribution in [3.63, 3.8) is 0 Å². The summed E-state index contributed by atoms with van der Waals surface area (Å²) in [6.45, 7) is 6.95. The third kappa shape index (κ3) is 4.80. The topological polar surface area (TPSA) is 75.6 Å². The average Bonchev–Trinajstić information content (AvgIpc) is 2.76. The molecule has 0 bridgehead atoms. The van der Waals surface area contributed by atoms with Crippen molar-refractivity contribution >= 4 is 23.3 Å². The Morgan fingerprint density at radius 1 is 1.45 bits per heavy atom. The standard InChI is InChI=1S/C13H22N4O2S/c1-8(12(18)19-5)6-15-13(14-4)16-7-11-17-9(2)10(3)20-11/h8H,6-7H2,1-5H3,(H2,14,15,16). The number of carbonyl (C=O) groups excluding carboxylic acids is 1. The quantitative estimate of drug-likeness (QED) is 0.486. The molecule has 0 saturated heterocycles. The number of esters is 1. The van der Waals surface area contributed by atoms with E-state index < -0.39 is 0 Å². The molecule has 1 rings (SSSR count). The normalized spacial score (nSPS) is 12.9. The minimum absolute atomic E-state index is 0.220. The highest BCUT2D eigenvalue weighted by Gasteiger charge is 2.13. The van der Waals surface area contributed by atoms with Gasteiger partial charge in [0.15, 0.2) is 5.96 Å². The third-order valence-electron chi connectivity index (χ3n) is 2.88. The Morgan fingerprint density at radius 2 is 2.15 bits per heavy atom. The van der Waals surface area contributed by atoms with Crippen molar-refractivity contribution in [2.45, 2.75) is 27.3 Å². The molecule has 0 radical (unpaired) electrons. The van der Waals surface area contributed by atoms with Crippen LogP contribution in [0.3, 0.4) is 0 Å². The summed E-state index contributed by atoms with van der Waals surface area (Å²) in [7, 11) is 3.08. The molecule has 0 aliphatic carbocycles. The first-order valence-electron chi connectivity index (χ1n) is 6.43. The molecule has 20 heavy (non-hydrogen) atoms. The molecule has 1 aromatic rings. The minimum atomic E-state index is -0.237. The van der Waals surface area contributed by atoms with E-state index in [1.807, 2.05) is 6.92 Å². The number of aryl methyl sites for hydroxylation is 2. The molecular weight excluding hydrogens is 276 g/mol. The molecule has 0 aliphatic heterocycles. The van der Waals surface area contributed by atoms with E-state index in [1.54, 1.807) is 25.3 Å². The van der Waals surface area contributed by atoms with Gasteiger partial charge in [-0.15, -0.1) is 11.3 Å². The zero-order valence-electron chi connectivity index (χ0n) is 12.6. The molecule has 0 spiro atoms. The van der Waals surface area contributed by atoms with Gasteiger partial charge in [-0.1, -0.05) is 6.92 Å². The largest absolute Gasteiger partial charge is 0.469 e. The van der Waals surface area contributed by atoms with Crippen LogP contribution in [0.25, 0.3) is 0 Å². The summed E-state index contributed by atoms with van der Waals surface area (Å²) < 4.78 is 4.68. The Kier molecular flexibility index (Phi) is 6.44. The molecule has 0 aliphatic rings. The van der Waals surface area contributed by atoms with Crippen LogP contribution >= 0.6 is 11.3 Å². The van der Waals surface area contributed by atoms with Crippen LogP contribution in [0.15, 0.2) is 4.99 Å². The van der Waals surface area contributed by atoms with E-state index in [9.17, 15) is 4.79 Å². The summed E-state index contributed by atoms with van der Waals surface area (Å²) in [6, 6.07) is 0. The van der Waals surface area contributed by atoms with Gasteiger partial charge >= 0.3 is 5.97 Å². The van der Waals surface area contributed by atoms with Crippen LogP contribution in [0.1, 0.15) is 22.5 Å². The number of aliphatic imine (C=N–C) groups is 1. The van der Waals surface area contributed by atoms with Crippen molar-refractivity contribution in [3.05, 3.63) is 15.6 Å². The van der Waals surface area contributed by atoms with Gasteiger partial charge in [-0.05, 0) is 13.8 Å². The lowest BCUT2D eigenvalue weighted by atomic mass is 10.2. The first-order chi connectivity index (χ1) is 9.47. The lowest BCUT2D eigenvalue weighted by Gasteiger charge is -2.14. The number of ether oxygens (including phenoxy) is 1. The van der Waals surface area contributed by atoms with Crippen molar-refractivity contribution in [1.29, 1.82) is 0 Å². The van der Waals surface area contributed by atoms with E-state index >= 15 is 0 Å². The highest BCUT2D eigenvalue weighted by Crippen LogP contribution is 2.15. The Labute approximate surface area is 123 Å². The zero-order chi connectivity index (χ0) is 15.1. The van der Waals surface area contributed by atoms with Crippen LogP contribution in [-0.4, -0.2) is 37.6 Å². The summed E-state index contributed by atoms with van der Waals surface area (Å²) in [5.74, 6) is 0.188. The van der Waals surface area contributed by atoms with Crippen molar-refractivity contribution in [2.24, 2.45) is 10.9 Å². The summed E-state index contributed by atoms with van der Waals surface area (Å²) in [4.78, 5) is 21.1. The second-order valence-electron chi connectivity index (χ2n) is 4.48. The number of methoxy groups -OCH3 is 1. The van der Waals surface area contributed by atoms with Crippen molar-refractivity contribution in [1.82, 2.24) is 15.6 Å². The fraction of sp³-hybridized carbons (Fsp3) is 0.615. The van der Waals surface area contributed by atoms with Gasteiger partial charge in [-0.25, -0.2) is 4.98 Å². The third-order valence-corrected chi connectivity index (χ3v) is 3.96. The zero-order valence-corrected chi connectivity index (χ0v) is 13.4. The Bertz CT molecular complexity index is 465. The summed E-state index contributed by atoms with van der Waals surface area (Å²) in [5, 5.41) is 7.28. The van der Waals surface area contributed by atoms with Crippen LogP contribution in [0, 0.1) is 19.8 Å². The Morgan fingerprint density at radius 3 is 2.65 bits per heavy atom. The van der Waals surface area contributed by atoms with Crippen LogP contribution in [0.4, 0.5) is 0 Å². The lowest BCUT2D eigenvalue weighted by Crippen LogP contribution is -2.40. The average molecular weight is 298 g/mol. The number of thiazole rings is 1. The van der Waals surface area contributed by atoms with E-state index in [0.29, 0.717) is 19.0 Å². The number of hydrogen-bond donors (Lipinski definition) is 2. The first-order valence-corrected chi connectivity index (χ1v) is 7.24. The molecule has 0 saturated carbocycles. The van der Waals surface area contributed by atoms with E-state index in [2.05, 4.69) is 32.3 Å². The molecule has 1 aromatic heterocycles. The second kappa shape index (κ2) is 7.84. The molecule has 1 unspecified atom stereocenters. The van der Waals surface area contributed by atoms with Crippen LogP contribution in [-0.2, 0) is 16.1 Å². The van der Waals surface area contributed by atoms with Crippen LogP contribution < -0.4 is 10.6 Å². The molecule has 2 N–H and O–H groups in total. The summed E-state index contributed by atoms with van der Waals surface area (Å²) >= 11 is 1.67. The monoisotopic (exact) mass is 298 g/mol. The highest BCUT2D eigenvalue weighted by molar-refractivity contribution is 7.11. The lowest BCUT2D eigenvalue weighted by molar-refractivity contribution is -0.144. The molecule has 112 valence electrons. The highest BCUT2D eigenvalue weighted by atomic mass is 32.1. The van der Waals surface area contributed by atoms with Gasteiger partial charge in [-0.3, -0.25) is 9.79 Å². The summed E-state index contributed by atoms with van der Waals surface area (Å²) in [6.07, 6.45) is 0. The minimum Gasteiger partial charge on any atom is -0.469 e. The maximum absolute atomic E-state index is 11.3. The fourth-order valence-corrected chi connectivity index (χ4v) is 2.40. The van der Waals surface area contributed by atoms with Gasteiger partial charge < -0.3 is 15.4 Å². The van der Waals surface area contributed by atoms with Gasteiger partial charge in [0.1, 0.15) is 5.01 Å². The van der Waals surface area contributed by atoms with Crippen molar-refractivity contribution in [2.75, 3.05) is 20.7 Å². The van der Waals surface area contributed by atoms with Gasteiger partial charge in [0.05, 0.1) is 25.3 Å². The number of nitrogens with one attached hydrogen (secondary N) is 2. The van der Waals surface area contributed by atoms with E-state index in [4.69, 9.17) is 0 Å². The molecule has 0 fully saturated rings. The molecule has 7 heteroatoms. The Balaban J connectivity index is 2.42. The maximum Gasteiger partial charge on any atom is 0.310 e. The van der Waals surface area contributed by atoms with Crippen LogP contribution in [0.2, 0.25) is 0 Å². The number of nitrogens with zero attached hydrogens (tertiary/aromatic N) is 2. The predicted molar refractivity (Wildman–Crippen MR) is 81.0 cm³/mol. The molecule has 0 amide bonds. The number of aromatic nitrogens is 1. The fourth-order valence-electron chi connectivity index (χ4n) is 1.53. The van der Waals surface area contributed by atoms with Gasteiger partial charge in [0.25, 0.3) is 0 Å². The molecule has 1 heterocycles. The number of rotatable bonds is 5. The number of guanidine groups is 1. The number of hydrogen-bond acceptors (Lipinski definition) is 5. The Hall–Kier alpha value is -1.63. The molecule has 1 atom stereocenters. The molecule has 0 aromatic carbocycles. The molecular formula is C13H22N4O2S. The SMILES string of the molecule is CN=C(NCc1nc(C)c(C)s1)NCC(C)C(=O)OC. The molecule has 6 nitrogen and oxygen atoms in total. The van der Waals surface area contributed by atoms with Gasteiger partial charge in [0, 0.05) is 18.5 Å². The predicted octanol–water partition coefficient (Wildman–Crippen LogP) is 1.23. The van der Waals surface area contributed by atoms with E-state index in [1.165, 1.54) is 12.0 Å². The second-order valence-corrected chi connectivity index (χ2v) is 5.77. The van der Waals surface area contributed by atoms with E-state index in [-0.39, 0.29) is 11.9 Å². The van der Waals surface area contributed by atoms with Gasteiger partial charge in [-0.2, -0.15) is 0 Å².